The number of amides is 1. The smallest absolute Gasteiger partial charge is 0.353 e. The normalized spacial score (nSPS) is 26.9. The van der Waals surface area contributed by atoms with Crippen molar-refractivity contribution in [2.24, 2.45) is 16.6 Å². The minimum absolute atomic E-state index is 0.0543. The largest absolute Gasteiger partial charge is 0.477 e. The van der Waals surface area contributed by atoms with E-state index in [1.54, 1.807) is 6.92 Å². The third-order valence-corrected chi connectivity index (χ3v) is 4.59. The molecule has 2 aliphatic rings. The lowest BCUT2D eigenvalue weighted by Gasteiger charge is -2.44. The third kappa shape index (κ3) is 2.40. The van der Waals surface area contributed by atoms with Crippen LogP contribution in [0.2, 0.25) is 0 Å². The summed E-state index contributed by atoms with van der Waals surface area (Å²) >= 11 is 1.38. The van der Waals surface area contributed by atoms with E-state index in [0.29, 0.717) is 23.6 Å². The summed E-state index contributed by atoms with van der Waals surface area (Å²) < 4.78 is 0. The van der Waals surface area contributed by atoms with E-state index in [1.165, 1.54) is 23.0 Å². The zero-order chi connectivity index (χ0) is 14.9. The molecule has 0 radical (unpaired) electrons. The molecule has 0 unspecified atom stereocenters. The van der Waals surface area contributed by atoms with Crippen LogP contribution >= 0.6 is 11.8 Å². The number of aliphatic carboxylic acids is 1. The molecule has 0 bridgehead atoms. The predicted octanol–water partition coefficient (Wildman–Crippen LogP) is -0.386. The maximum Gasteiger partial charge on any atom is 0.353 e. The zero-order valence-electron chi connectivity index (χ0n) is 11.0. The number of nitrogens with zero attached hydrogens (tertiary/aromatic N) is 2. The van der Waals surface area contributed by atoms with E-state index in [0.717, 1.165) is 0 Å². The van der Waals surface area contributed by atoms with Gasteiger partial charge < -0.3 is 20.8 Å². The Morgan fingerprint density at radius 3 is 2.95 bits per heavy atom. The van der Waals surface area contributed by atoms with Gasteiger partial charge in [-0.1, -0.05) is 0 Å². The Balaban J connectivity index is 2.11. The average molecular weight is 299 g/mol. The second-order valence-corrected chi connectivity index (χ2v) is 5.92. The second kappa shape index (κ2) is 5.84. The van der Waals surface area contributed by atoms with Crippen molar-refractivity contribution in [2.75, 3.05) is 12.3 Å². The molecule has 0 aromatic heterocycles. The van der Waals surface area contributed by atoms with Crippen LogP contribution in [0.1, 0.15) is 13.3 Å². The molecule has 4 N–H and O–H groups in total. The average Bonchev–Trinajstić information content (AvgIpc) is 2.69. The van der Waals surface area contributed by atoms with Gasteiger partial charge in [-0.2, -0.15) is 0 Å². The minimum Gasteiger partial charge on any atom is -0.477 e. The standard InChI is InChI=1S/C12H17N3O4S/c1-6(16)9-7-4-8(20-3-2-14-5-13)10(12(18)19)15(7)11(9)17/h5-7,9,16H,2-4H2,1H3,(H2,13,14)(H,18,19)/t6-,7-,9+/m0/s1. The number of carbonyl (C=O) groups excluding carboxylic acids is 1. The number of hydrogen-bond acceptors (Lipinski definition) is 5. The molecule has 0 aliphatic carbocycles. The maximum absolute atomic E-state index is 11.9. The van der Waals surface area contributed by atoms with Crippen LogP contribution in [0.5, 0.6) is 0 Å². The highest BCUT2D eigenvalue weighted by molar-refractivity contribution is 8.03. The number of aliphatic hydroxyl groups excluding tert-OH is 1. The van der Waals surface area contributed by atoms with Crippen LogP contribution in [0.15, 0.2) is 15.6 Å². The molecule has 1 fully saturated rings. The third-order valence-electron chi connectivity index (χ3n) is 3.49. The quantitative estimate of drug-likeness (QED) is 0.266. The van der Waals surface area contributed by atoms with E-state index < -0.39 is 18.0 Å². The molecule has 0 aromatic carbocycles. The van der Waals surface area contributed by atoms with Crippen molar-refractivity contribution in [2.45, 2.75) is 25.5 Å². The number of carbonyl (C=O) groups is 2. The van der Waals surface area contributed by atoms with Gasteiger partial charge in [0, 0.05) is 17.1 Å². The van der Waals surface area contributed by atoms with Crippen LogP contribution in [0.25, 0.3) is 0 Å². The second-order valence-electron chi connectivity index (χ2n) is 4.73. The molecule has 3 atom stereocenters. The minimum atomic E-state index is -1.10. The van der Waals surface area contributed by atoms with Gasteiger partial charge in [0.25, 0.3) is 0 Å². The molecule has 7 nitrogen and oxygen atoms in total. The van der Waals surface area contributed by atoms with Crippen molar-refractivity contribution in [3.63, 3.8) is 0 Å². The molecule has 0 saturated carbocycles. The first-order valence-electron chi connectivity index (χ1n) is 6.29. The Morgan fingerprint density at radius 1 is 1.70 bits per heavy atom. The fraction of sp³-hybridized carbons (Fsp3) is 0.583. The zero-order valence-corrected chi connectivity index (χ0v) is 11.8. The van der Waals surface area contributed by atoms with E-state index in [-0.39, 0.29) is 17.6 Å². The Morgan fingerprint density at radius 2 is 2.40 bits per heavy atom. The molecular weight excluding hydrogens is 282 g/mol. The maximum atomic E-state index is 11.9. The summed E-state index contributed by atoms with van der Waals surface area (Å²) in [6.45, 7) is 2.05. The number of nitrogens with two attached hydrogens (primary N) is 1. The van der Waals surface area contributed by atoms with Crippen LogP contribution in [-0.2, 0) is 9.59 Å². The van der Waals surface area contributed by atoms with Gasteiger partial charge in [0.15, 0.2) is 0 Å². The topological polar surface area (TPSA) is 116 Å². The summed E-state index contributed by atoms with van der Waals surface area (Å²) in [7, 11) is 0. The van der Waals surface area contributed by atoms with E-state index >= 15 is 0 Å². The highest BCUT2D eigenvalue weighted by atomic mass is 32.2. The summed E-state index contributed by atoms with van der Waals surface area (Å²) in [5.74, 6) is -1.30. The number of hydrogen-bond donors (Lipinski definition) is 3. The molecule has 1 saturated heterocycles. The van der Waals surface area contributed by atoms with Crippen molar-refractivity contribution in [3.8, 4) is 0 Å². The molecule has 2 aliphatic heterocycles. The highest BCUT2D eigenvalue weighted by Crippen LogP contribution is 2.46. The molecular formula is C12H17N3O4S. The number of aliphatic hydroxyl groups is 1. The Labute approximate surface area is 120 Å². The number of β-lactam (4-membered cyclic amide) rings is 1. The number of rotatable bonds is 6. The SMILES string of the molecule is C[C@H](O)[C@H]1C(=O)N2C(C(=O)O)=C(SCCN=CN)C[C@@H]12. The summed E-state index contributed by atoms with van der Waals surface area (Å²) in [5.41, 5.74) is 5.19. The number of carboxylic acid groups (broad SMARTS) is 1. The van der Waals surface area contributed by atoms with Crippen molar-refractivity contribution in [1.82, 2.24) is 4.90 Å². The van der Waals surface area contributed by atoms with Crippen LogP contribution in [0.3, 0.4) is 0 Å². The molecule has 0 aromatic rings. The number of fused-ring (bicyclic) bond motifs is 1. The van der Waals surface area contributed by atoms with Gasteiger partial charge in [0.2, 0.25) is 5.91 Å². The van der Waals surface area contributed by atoms with Gasteiger partial charge in [0.1, 0.15) is 5.70 Å². The van der Waals surface area contributed by atoms with E-state index in [1.807, 2.05) is 0 Å². The van der Waals surface area contributed by atoms with E-state index in [9.17, 15) is 19.8 Å². The van der Waals surface area contributed by atoms with Crippen LogP contribution in [0.4, 0.5) is 0 Å². The predicted molar refractivity (Wildman–Crippen MR) is 75.1 cm³/mol. The summed E-state index contributed by atoms with van der Waals surface area (Å²) in [6, 6.07) is -0.228. The fourth-order valence-corrected chi connectivity index (χ4v) is 3.71. The molecule has 8 heteroatoms. The number of thioether (sulfide) groups is 1. The Kier molecular flexibility index (Phi) is 4.34. The fourth-order valence-electron chi connectivity index (χ4n) is 2.66. The van der Waals surface area contributed by atoms with Crippen molar-refractivity contribution in [3.05, 3.63) is 10.6 Å². The highest BCUT2D eigenvalue weighted by Gasteiger charge is 2.56. The van der Waals surface area contributed by atoms with E-state index in [4.69, 9.17) is 5.73 Å². The first-order chi connectivity index (χ1) is 9.49. The van der Waals surface area contributed by atoms with Gasteiger partial charge in [-0.05, 0) is 6.92 Å². The lowest BCUT2D eigenvalue weighted by molar-refractivity contribution is -0.161. The van der Waals surface area contributed by atoms with Crippen molar-refractivity contribution >= 4 is 30.0 Å². The summed E-state index contributed by atoms with van der Waals surface area (Å²) in [5, 5.41) is 18.9. The van der Waals surface area contributed by atoms with Crippen LogP contribution in [0, 0.1) is 5.92 Å². The molecule has 0 spiro atoms. The number of aliphatic imine (C=N–C) groups is 1. The van der Waals surface area contributed by atoms with Crippen LogP contribution in [-0.4, -0.2) is 57.8 Å². The summed E-state index contributed by atoms with van der Waals surface area (Å²) in [4.78, 5) is 29.1. The van der Waals surface area contributed by atoms with Gasteiger partial charge >= 0.3 is 5.97 Å². The molecule has 20 heavy (non-hydrogen) atoms. The van der Waals surface area contributed by atoms with Gasteiger partial charge in [0.05, 0.1) is 30.9 Å². The van der Waals surface area contributed by atoms with Crippen LogP contribution < -0.4 is 5.73 Å². The Hall–Kier alpha value is -1.54. The van der Waals surface area contributed by atoms with Gasteiger partial charge in [-0.25, -0.2) is 4.79 Å². The van der Waals surface area contributed by atoms with Gasteiger partial charge in [-0.3, -0.25) is 9.79 Å². The molecule has 1 amide bonds. The first-order valence-corrected chi connectivity index (χ1v) is 7.28. The lowest BCUT2D eigenvalue weighted by atomic mass is 9.83. The summed E-state index contributed by atoms with van der Waals surface area (Å²) in [6.07, 6.45) is 0.937. The molecule has 2 rings (SSSR count). The van der Waals surface area contributed by atoms with E-state index in [2.05, 4.69) is 4.99 Å². The Bertz CT molecular complexity index is 489. The van der Waals surface area contributed by atoms with Crippen molar-refractivity contribution < 1.29 is 19.8 Å². The molecule has 2 heterocycles. The number of carboxylic acids is 1. The van der Waals surface area contributed by atoms with Gasteiger partial charge in [-0.15, -0.1) is 11.8 Å². The first kappa shape index (κ1) is 14.9. The molecule has 110 valence electrons. The lowest BCUT2D eigenvalue weighted by Crippen LogP contribution is -2.61. The van der Waals surface area contributed by atoms with Crippen molar-refractivity contribution in [1.29, 1.82) is 0 Å². The monoisotopic (exact) mass is 299 g/mol.